The van der Waals surface area contributed by atoms with Crippen molar-refractivity contribution in [2.45, 2.75) is 25.8 Å². The second-order valence-corrected chi connectivity index (χ2v) is 6.82. The lowest BCUT2D eigenvalue weighted by atomic mass is 10.0. The van der Waals surface area contributed by atoms with E-state index in [-0.39, 0.29) is 29.3 Å². The fourth-order valence-electron chi connectivity index (χ4n) is 2.58. The molecule has 1 heterocycles. The molecule has 6 N–H and O–H groups in total. The molecule has 0 spiro atoms. The average molecular weight is 449 g/mol. The molecule has 0 aliphatic heterocycles. The van der Waals surface area contributed by atoms with Gasteiger partial charge < -0.3 is 30.4 Å². The number of carboxylic acid groups (broad SMARTS) is 2. The standard InChI is InChI=1S/C20H20FN3O8/c1-9(18(27)24-13(19(28)29)8-16(25)26)6-11-3-5-15(31-11)20(30)32-14-4-2-10(17(22)23)7-12(14)21/h2-5,7,9,13H,6,8H2,1H3,(H3,22,23)(H,24,27)(H,25,26)(H,28,29)/t9?,13-/m1/s1. The summed E-state index contributed by atoms with van der Waals surface area (Å²) >= 11 is 0. The highest BCUT2D eigenvalue weighted by molar-refractivity contribution is 5.95. The van der Waals surface area contributed by atoms with Crippen molar-refractivity contribution in [1.82, 2.24) is 5.32 Å². The number of hydrogen-bond donors (Lipinski definition) is 5. The molecule has 0 aliphatic carbocycles. The quantitative estimate of drug-likeness (QED) is 0.153. The Morgan fingerprint density at radius 2 is 1.91 bits per heavy atom. The Kier molecular flexibility index (Phi) is 7.66. The summed E-state index contributed by atoms with van der Waals surface area (Å²) in [5.41, 5.74) is 5.38. The number of benzene rings is 1. The second kappa shape index (κ2) is 10.2. The van der Waals surface area contributed by atoms with E-state index >= 15 is 0 Å². The molecule has 0 saturated heterocycles. The third-order valence-electron chi connectivity index (χ3n) is 4.26. The van der Waals surface area contributed by atoms with Gasteiger partial charge >= 0.3 is 17.9 Å². The molecule has 170 valence electrons. The van der Waals surface area contributed by atoms with Gasteiger partial charge in [-0.1, -0.05) is 6.92 Å². The molecule has 1 aromatic carbocycles. The molecule has 1 aromatic heterocycles. The van der Waals surface area contributed by atoms with Crippen molar-refractivity contribution in [1.29, 1.82) is 5.41 Å². The Morgan fingerprint density at radius 1 is 1.22 bits per heavy atom. The summed E-state index contributed by atoms with van der Waals surface area (Å²) in [6, 6.07) is 4.44. The van der Waals surface area contributed by atoms with Gasteiger partial charge in [-0.05, 0) is 30.3 Å². The summed E-state index contributed by atoms with van der Waals surface area (Å²) < 4.78 is 24.3. The number of nitrogens with one attached hydrogen (secondary N) is 2. The number of ether oxygens (including phenoxy) is 1. The molecule has 2 aromatic rings. The highest BCUT2D eigenvalue weighted by Crippen LogP contribution is 2.21. The molecular weight excluding hydrogens is 429 g/mol. The highest BCUT2D eigenvalue weighted by Gasteiger charge is 2.26. The lowest BCUT2D eigenvalue weighted by Crippen LogP contribution is -2.44. The van der Waals surface area contributed by atoms with Crippen LogP contribution >= 0.6 is 0 Å². The average Bonchev–Trinajstić information content (AvgIpc) is 3.16. The summed E-state index contributed by atoms with van der Waals surface area (Å²) in [5.74, 6) is -7.13. The van der Waals surface area contributed by atoms with Crippen LogP contribution in [-0.4, -0.2) is 45.9 Å². The first-order valence-corrected chi connectivity index (χ1v) is 9.17. The first-order valence-electron chi connectivity index (χ1n) is 9.17. The molecule has 12 heteroatoms. The van der Waals surface area contributed by atoms with E-state index in [0.29, 0.717) is 0 Å². The van der Waals surface area contributed by atoms with Crippen LogP contribution in [0.2, 0.25) is 0 Å². The van der Waals surface area contributed by atoms with E-state index in [4.69, 9.17) is 30.5 Å². The zero-order chi connectivity index (χ0) is 24.0. The van der Waals surface area contributed by atoms with Gasteiger partial charge in [0.25, 0.3) is 0 Å². The van der Waals surface area contributed by atoms with Crippen LogP contribution < -0.4 is 15.8 Å². The molecule has 11 nitrogen and oxygen atoms in total. The van der Waals surface area contributed by atoms with Gasteiger partial charge in [-0.2, -0.15) is 0 Å². The Morgan fingerprint density at radius 3 is 2.47 bits per heavy atom. The fraction of sp³-hybridized carbons (Fsp3) is 0.250. The van der Waals surface area contributed by atoms with Gasteiger partial charge in [-0.3, -0.25) is 15.0 Å². The van der Waals surface area contributed by atoms with Crippen molar-refractivity contribution in [2.75, 3.05) is 0 Å². The topological polar surface area (TPSA) is 193 Å². The van der Waals surface area contributed by atoms with Crippen LogP contribution in [0.4, 0.5) is 4.39 Å². The van der Waals surface area contributed by atoms with Crippen molar-refractivity contribution in [3.05, 3.63) is 53.2 Å². The van der Waals surface area contributed by atoms with Gasteiger partial charge in [-0.25, -0.2) is 14.0 Å². The van der Waals surface area contributed by atoms with Gasteiger partial charge in [0, 0.05) is 17.9 Å². The number of hydrogen-bond acceptors (Lipinski definition) is 7. The van der Waals surface area contributed by atoms with Crippen LogP contribution in [-0.2, 0) is 20.8 Å². The van der Waals surface area contributed by atoms with E-state index < -0.39 is 53.8 Å². The summed E-state index contributed by atoms with van der Waals surface area (Å²) in [5, 5.41) is 27.1. The molecule has 1 unspecified atom stereocenters. The minimum Gasteiger partial charge on any atom is -0.481 e. The second-order valence-electron chi connectivity index (χ2n) is 6.82. The number of halogens is 1. The first-order chi connectivity index (χ1) is 15.0. The van der Waals surface area contributed by atoms with Crippen LogP contribution in [0.3, 0.4) is 0 Å². The van der Waals surface area contributed by atoms with Crippen molar-refractivity contribution in [3.8, 4) is 5.75 Å². The number of amidine groups is 1. The molecule has 0 fully saturated rings. The zero-order valence-electron chi connectivity index (χ0n) is 16.8. The lowest BCUT2D eigenvalue weighted by Gasteiger charge is -2.15. The van der Waals surface area contributed by atoms with E-state index in [9.17, 15) is 23.6 Å². The molecule has 0 aliphatic rings. The highest BCUT2D eigenvalue weighted by atomic mass is 19.1. The van der Waals surface area contributed by atoms with Crippen LogP contribution in [0.1, 0.15) is 35.2 Å². The number of nitrogens with two attached hydrogens (primary N) is 1. The smallest absolute Gasteiger partial charge is 0.379 e. The predicted molar refractivity (Wildman–Crippen MR) is 106 cm³/mol. The molecular formula is C20H20FN3O8. The molecule has 2 rings (SSSR count). The maximum absolute atomic E-state index is 14.0. The largest absolute Gasteiger partial charge is 0.481 e. The Hall–Kier alpha value is -4.22. The third kappa shape index (κ3) is 6.39. The Balaban J connectivity index is 2.00. The molecule has 0 saturated carbocycles. The molecule has 2 atom stereocenters. The van der Waals surface area contributed by atoms with Crippen LogP contribution in [0.25, 0.3) is 0 Å². The summed E-state index contributed by atoms with van der Waals surface area (Å²) in [4.78, 5) is 46.1. The van der Waals surface area contributed by atoms with Gasteiger partial charge in [0.1, 0.15) is 17.6 Å². The number of carbonyl (C=O) groups is 4. The maximum atomic E-state index is 14.0. The van der Waals surface area contributed by atoms with Gasteiger partial charge in [-0.15, -0.1) is 0 Å². The fourth-order valence-corrected chi connectivity index (χ4v) is 2.58. The molecule has 32 heavy (non-hydrogen) atoms. The number of aliphatic carboxylic acids is 2. The number of rotatable bonds is 10. The Bertz CT molecular complexity index is 1060. The van der Waals surface area contributed by atoms with Crippen LogP contribution in [0.5, 0.6) is 5.75 Å². The monoisotopic (exact) mass is 449 g/mol. The summed E-state index contributed by atoms with van der Waals surface area (Å²) in [7, 11) is 0. The predicted octanol–water partition coefficient (Wildman–Crippen LogP) is 1.14. The van der Waals surface area contributed by atoms with Gasteiger partial charge in [0.15, 0.2) is 11.6 Å². The third-order valence-corrected chi connectivity index (χ3v) is 4.26. The van der Waals surface area contributed by atoms with Crippen LogP contribution in [0.15, 0.2) is 34.7 Å². The van der Waals surface area contributed by atoms with E-state index in [1.54, 1.807) is 0 Å². The SMILES string of the molecule is CC(Cc1ccc(C(=O)Oc2ccc(C(=N)N)cc2F)o1)C(=O)N[C@H](CC(=O)O)C(=O)O. The van der Waals surface area contributed by atoms with E-state index in [1.807, 2.05) is 0 Å². The maximum Gasteiger partial charge on any atom is 0.379 e. The normalized spacial score (nSPS) is 12.4. The Labute approximate surface area is 180 Å². The van der Waals surface area contributed by atoms with Crippen molar-refractivity contribution in [2.24, 2.45) is 11.7 Å². The van der Waals surface area contributed by atoms with Crippen molar-refractivity contribution < 1.29 is 42.9 Å². The van der Waals surface area contributed by atoms with E-state index in [2.05, 4.69) is 5.32 Å². The number of nitrogen functional groups attached to an aromatic ring is 1. The van der Waals surface area contributed by atoms with Crippen molar-refractivity contribution >= 4 is 29.7 Å². The summed E-state index contributed by atoms with van der Waals surface area (Å²) in [6.45, 7) is 1.46. The molecule has 1 amide bonds. The van der Waals surface area contributed by atoms with Gasteiger partial charge in [0.2, 0.25) is 11.7 Å². The zero-order valence-corrected chi connectivity index (χ0v) is 16.8. The van der Waals surface area contributed by atoms with Crippen molar-refractivity contribution in [3.63, 3.8) is 0 Å². The molecule has 0 bridgehead atoms. The molecule has 0 radical (unpaired) electrons. The summed E-state index contributed by atoms with van der Waals surface area (Å²) in [6.07, 6.45) is -0.811. The number of carboxylic acids is 2. The lowest BCUT2D eigenvalue weighted by molar-refractivity contribution is -0.147. The number of amides is 1. The number of esters is 1. The minimum atomic E-state index is -1.59. The van der Waals surface area contributed by atoms with Crippen LogP contribution in [0, 0.1) is 17.1 Å². The van der Waals surface area contributed by atoms with Gasteiger partial charge in [0.05, 0.1) is 6.42 Å². The van der Waals surface area contributed by atoms with E-state index in [1.165, 1.54) is 25.1 Å². The first kappa shape index (κ1) is 24.1. The number of furan rings is 1. The minimum absolute atomic E-state index is 0.0276. The number of carbonyl (C=O) groups excluding carboxylic acids is 2. The van der Waals surface area contributed by atoms with E-state index in [0.717, 1.165) is 12.1 Å².